The minimum absolute atomic E-state index is 0.0850. The number of nitrogens with zero attached hydrogens (tertiary/aromatic N) is 1. The molecule has 0 spiro atoms. The highest BCUT2D eigenvalue weighted by atomic mass is 31.1. The van der Waals surface area contributed by atoms with Crippen LogP contribution in [0.5, 0.6) is 0 Å². The Morgan fingerprint density at radius 1 is 1.13 bits per heavy atom. The fourth-order valence-electron chi connectivity index (χ4n) is 2.81. The van der Waals surface area contributed by atoms with Gasteiger partial charge in [0.25, 0.3) is 0 Å². The standard InChI is InChI=1S/C12H27NP2/c1-10(13(2)15(5)6)11-8-7-9-12(11)14(3)4/h10-12H,7-9H2,1-6H3. The van der Waals surface area contributed by atoms with Crippen molar-refractivity contribution < 1.29 is 0 Å². The molecule has 1 nitrogen and oxygen atoms in total. The summed E-state index contributed by atoms with van der Waals surface area (Å²) < 4.78 is 2.62. The molecule has 3 atom stereocenters. The Hall–Kier alpha value is 0.820. The molecule has 0 amide bonds. The van der Waals surface area contributed by atoms with Crippen molar-refractivity contribution in [1.82, 2.24) is 4.67 Å². The molecule has 0 aliphatic heterocycles. The van der Waals surface area contributed by atoms with Gasteiger partial charge in [0.05, 0.1) is 0 Å². The average Bonchev–Trinajstić information content (AvgIpc) is 2.63. The van der Waals surface area contributed by atoms with Crippen molar-refractivity contribution in [3.05, 3.63) is 0 Å². The van der Waals surface area contributed by atoms with Crippen molar-refractivity contribution >= 4 is 16.0 Å². The highest BCUT2D eigenvalue weighted by Crippen LogP contribution is 2.49. The van der Waals surface area contributed by atoms with E-state index in [0.717, 1.165) is 17.6 Å². The van der Waals surface area contributed by atoms with Gasteiger partial charge in [0, 0.05) is 6.04 Å². The van der Waals surface area contributed by atoms with Gasteiger partial charge in [-0.05, 0) is 73.1 Å². The second-order valence-corrected chi connectivity index (χ2v) is 10.2. The zero-order valence-corrected chi connectivity index (χ0v) is 13.0. The fraction of sp³-hybridized carbons (Fsp3) is 1.00. The molecule has 1 fully saturated rings. The van der Waals surface area contributed by atoms with Crippen molar-refractivity contribution in [2.24, 2.45) is 5.92 Å². The summed E-state index contributed by atoms with van der Waals surface area (Å²) >= 11 is 0. The Kier molecular flexibility index (Phi) is 5.50. The molecule has 3 heteroatoms. The minimum atomic E-state index is 0.0850. The van der Waals surface area contributed by atoms with Crippen LogP contribution in [0.4, 0.5) is 0 Å². The van der Waals surface area contributed by atoms with Crippen LogP contribution >= 0.6 is 16.0 Å². The molecule has 1 rings (SSSR count). The van der Waals surface area contributed by atoms with Gasteiger partial charge in [-0.15, -0.1) is 7.92 Å². The molecule has 0 aromatic carbocycles. The van der Waals surface area contributed by atoms with E-state index in [1.807, 2.05) is 0 Å². The van der Waals surface area contributed by atoms with E-state index in [4.69, 9.17) is 0 Å². The van der Waals surface area contributed by atoms with Gasteiger partial charge >= 0.3 is 0 Å². The minimum Gasteiger partial charge on any atom is -0.282 e. The average molecular weight is 247 g/mol. The third-order valence-electron chi connectivity index (χ3n) is 4.03. The summed E-state index contributed by atoms with van der Waals surface area (Å²) in [6.07, 6.45) is 4.44. The Morgan fingerprint density at radius 3 is 2.20 bits per heavy atom. The summed E-state index contributed by atoms with van der Waals surface area (Å²) in [6.45, 7) is 12.1. The van der Waals surface area contributed by atoms with E-state index in [2.05, 4.69) is 45.3 Å². The summed E-state index contributed by atoms with van der Waals surface area (Å²) in [5.41, 5.74) is 1.03. The van der Waals surface area contributed by atoms with Crippen LogP contribution in [-0.4, -0.2) is 50.1 Å². The van der Waals surface area contributed by atoms with Crippen LogP contribution in [0.1, 0.15) is 26.2 Å². The summed E-state index contributed by atoms with van der Waals surface area (Å²) in [6, 6.07) is 0.795. The second-order valence-electron chi connectivity index (χ2n) is 5.29. The van der Waals surface area contributed by atoms with Crippen LogP contribution in [0, 0.1) is 5.92 Å². The van der Waals surface area contributed by atoms with Crippen LogP contribution in [0.3, 0.4) is 0 Å². The molecule has 1 aliphatic rings. The van der Waals surface area contributed by atoms with Gasteiger partial charge in [-0.1, -0.05) is 6.42 Å². The normalized spacial score (nSPS) is 29.4. The van der Waals surface area contributed by atoms with Crippen molar-refractivity contribution in [2.45, 2.75) is 37.9 Å². The summed E-state index contributed by atoms with van der Waals surface area (Å²) in [4.78, 5) is 0. The molecule has 15 heavy (non-hydrogen) atoms. The van der Waals surface area contributed by atoms with E-state index in [1.54, 1.807) is 0 Å². The molecule has 0 heterocycles. The summed E-state index contributed by atoms with van der Waals surface area (Å²) in [7, 11) is 2.67. The zero-order valence-electron chi connectivity index (χ0n) is 11.2. The molecule has 1 saturated carbocycles. The maximum Gasteiger partial charge on any atom is 0.0137 e. The van der Waals surface area contributed by atoms with Gasteiger partial charge in [0.2, 0.25) is 0 Å². The number of rotatable bonds is 4. The Morgan fingerprint density at radius 2 is 1.73 bits per heavy atom. The Labute approximate surface area is 98.6 Å². The number of hydrogen-bond donors (Lipinski definition) is 0. The fourth-order valence-corrected chi connectivity index (χ4v) is 5.58. The maximum absolute atomic E-state index is 2.62. The van der Waals surface area contributed by atoms with Crippen molar-refractivity contribution in [3.63, 3.8) is 0 Å². The zero-order chi connectivity index (χ0) is 11.6. The van der Waals surface area contributed by atoms with Crippen molar-refractivity contribution in [3.8, 4) is 0 Å². The van der Waals surface area contributed by atoms with Gasteiger partial charge in [-0.2, -0.15) is 0 Å². The highest BCUT2D eigenvalue weighted by Gasteiger charge is 2.35. The molecule has 0 aromatic heterocycles. The Balaban J connectivity index is 2.61. The third kappa shape index (κ3) is 3.39. The topological polar surface area (TPSA) is 3.24 Å². The molecule has 0 saturated heterocycles. The lowest BCUT2D eigenvalue weighted by Crippen LogP contribution is -2.35. The van der Waals surface area contributed by atoms with E-state index in [9.17, 15) is 0 Å². The predicted octanol–water partition coefficient (Wildman–Crippen LogP) is 3.87. The molecular weight excluding hydrogens is 220 g/mol. The maximum atomic E-state index is 2.62. The van der Waals surface area contributed by atoms with Crippen LogP contribution < -0.4 is 0 Å². The van der Waals surface area contributed by atoms with Crippen molar-refractivity contribution in [1.29, 1.82) is 0 Å². The van der Waals surface area contributed by atoms with Gasteiger partial charge in [0.15, 0.2) is 0 Å². The van der Waals surface area contributed by atoms with Gasteiger partial charge in [0.1, 0.15) is 0 Å². The second kappa shape index (κ2) is 5.95. The van der Waals surface area contributed by atoms with E-state index in [-0.39, 0.29) is 16.0 Å². The molecule has 3 unspecified atom stereocenters. The largest absolute Gasteiger partial charge is 0.282 e. The molecule has 0 bridgehead atoms. The first-order valence-electron chi connectivity index (χ1n) is 6.01. The highest BCUT2D eigenvalue weighted by molar-refractivity contribution is 7.56. The lowest BCUT2D eigenvalue weighted by molar-refractivity contribution is 0.306. The smallest absolute Gasteiger partial charge is 0.0137 e. The third-order valence-corrected chi connectivity index (χ3v) is 7.63. The molecule has 0 N–H and O–H groups in total. The predicted molar refractivity (Wildman–Crippen MR) is 75.9 cm³/mol. The van der Waals surface area contributed by atoms with E-state index in [0.29, 0.717) is 0 Å². The first-order valence-corrected chi connectivity index (χ1v) is 10.5. The SMILES string of the molecule is CC(C1CCCC1P(C)C)N(C)P(C)C. The van der Waals surface area contributed by atoms with Gasteiger partial charge in [-0.3, -0.25) is 4.67 Å². The first-order chi connectivity index (χ1) is 6.95. The molecule has 0 aromatic rings. The number of hydrogen-bond acceptors (Lipinski definition) is 1. The molecule has 0 radical (unpaired) electrons. The lowest BCUT2D eigenvalue weighted by Gasteiger charge is -2.37. The van der Waals surface area contributed by atoms with Crippen molar-refractivity contribution in [2.75, 3.05) is 33.7 Å². The van der Waals surface area contributed by atoms with Crippen LogP contribution in [0.25, 0.3) is 0 Å². The van der Waals surface area contributed by atoms with Crippen LogP contribution in [0.2, 0.25) is 0 Å². The monoisotopic (exact) mass is 247 g/mol. The molecular formula is C12H27NP2. The van der Waals surface area contributed by atoms with Gasteiger partial charge < -0.3 is 0 Å². The quantitative estimate of drug-likeness (QED) is 0.681. The summed E-state index contributed by atoms with van der Waals surface area (Å²) in [5, 5.41) is 0. The van der Waals surface area contributed by atoms with Crippen LogP contribution in [0.15, 0.2) is 0 Å². The van der Waals surface area contributed by atoms with Crippen LogP contribution in [-0.2, 0) is 0 Å². The van der Waals surface area contributed by atoms with E-state index in [1.165, 1.54) is 19.3 Å². The lowest BCUT2D eigenvalue weighted by atomic mass is 10.00. The summed E-state index contributed by atoms with van der Waals surface area (Å²) in [5.74, 6) is 0.973. The van der Waals surface area contributed by atoms with E-state index < -0.39 is 0 Å². The van der Waals surface area contributed by atoms with Gasteiger partial charge in [-0.25, -0.2) is 0 Å². The first kappa shape index (κ1) is 13.9. The van der Waals surface area contributed by atoms with E-state index >= 15 is 0 Å². The molecule has 90 valence electrons. The molecule has 1 aliphatic carbocycles. The Bertz CT molecular complexity index is 194.